The number of pyridine rings is 2. The van der Waals surface area contributed by atoms with E-state index >= 15 is 0 Å². The Balaban J connectivity index is 1.91. The summed E-state index contributed by atoms with van der Waals surface area (Å²) in [6, 6.07) is 2.43. The Labute approximate surface area is 155 Å². The summed E-state index contributed by atoms with van der Waals surface area (Å²) < 4.78 is 6.81. The Morgan fingerprint density at radius 2 is 2.15 bits per heavy atom. The summed E-state index contributed by atoms with van der Waals surface area (Å²) in [7, 11) is 0. The third-order valence-corrected chi connectivity index (χ3v) is 4.73. The van der Waals surface area contributed by atoms with E-state index in [4.69, 9.17) is 9.84 Å². The van der Waals surface area contributed by atoms with Gasteiger partial charge < -0.3 is 29.9 Å². The molecule has 0 saturated carbocycles. The highest BCUT2D eigenvalue weighted by Crippen LogP contribution is 2.19. The molecule has 9 heteroatoms. The molecule has 0 radical (unpaired) electrons. The molecular formula is C18H23N3O6. The number of fused-ring (bicyclic) bond motifs is 1. The lowest BCUT2D eigenvalue weighted by molar-refractivity contribution is -0.219. The second kappa shape index (κ2) is 7.73. The maximum Gasteiger partial charge on any atom is 0.257 e. The predicted octanol–water partition coefficient (Wildman–Crippen LogP) is -0.716. The molecular weight excluding hydrogens is 354 g/mol. The van der Waals surface area contributed by atoms with Gasteiger partial charge in [-0.15, -0.1) is 0 Å². The molecule has 4 unspecified atom stereocenters. The van der Waals surface area contributed by atoms with Crippen molar-refractivity contribution in [1.29, 1.82) is 0 Å². The fourth-order valence-corrected chi connectivity index (χ4v) is 3.20. The van der Waals surface area contributed by atoms with E-state index in [-0.39, 0.29) is 12.0 Å². The van der Waals surface area contributed by atoms with Crippen LogP contribution < -0.4 is 10.7 Å². The standard InChI is InChI=1S/C18H23N3O6/c1-3-21-7-11(15(24)10-5-4-9(2)19-16(10)21)17(25)20-12-6-13(23)14(8-22)27-18(12)26/h4-5,7,12-14,18,22-23,26H,3,6,8H2,1-2H3,(H,20,25). The Hall–Kier alpha value is -2.33. The Bertz CT molecular complexity index is 912. The molecule has 27 heavy (non-hydrogen) atoms. The van der Waals surface area contributed by atoms with Crippen LogP contribution in [-0.2, 0) is 11.3 Å². The normalized spacial score (nSPS) is 25.5. The number of amides is 1. The van der Waals surface area contributed by atoms with Crippen LogP contribution in [0.15, 0.2) is 23.1 Å². The quantitative estimate of drug-likeness (QED) is 0.553. The maximum absolute atomic E-state index is 12.7. The van der Waals surface area contributed by atoms with Crippen molar-refractivity contribution in [3.63, 3.8) is 0 Å². The minimum absolute atomic E-state index is 0.00552. The zero-order valence-electron chi connectivity index (χ0n) is 15.1. The van der Waals surface area contributed by atoms with Crippen molar-refractivity contribution >= 4 is 16.9 Å². The molecule has 1 aliphatic heterocycles. The van der Waals surface area contributed by atoms with Crippen LogP contribution in [0.25, 0.3) is 11.0 Å². The first-order valence-electron chi connectivity index (χ1n) is 8.79. The van der Waals surface area contributed by atoms with E-state index in [2.05, 4.69) is 10.3 Å². The van der Waals surface area contributed by atoms with Crippen LogP contribution >= 0.6 is 0 Å². The van der Waals surface area contributed by atoms with Gasteiger partial charge in [0.1, 0.15) is 17.3 Å². The highest BCUT2D eigenvalue weighted by atomic mass is 16.6. The van der Waals surface area contributed by atoms with Crippen LogP contribution in [0.3, 0.4) is 0 Å². The number of hydrogen-bond donors (Lipinski definition) is 4. The van der Waals surface area contributed by atoms with E-state index < -0.39 is 42.5 Å². The number of aromatic nitrogens is 2. The second-order valence-corrected chi connectivity index (χ2v) is 6.61. The molecule has 0 spiro atoms. The van der Waals surface area contributed by atoms with Gasteiger partial charge in [0.25, 0.3) is 5.91 Å². The topological polar surface area (TPSA) is 134 Å². The van der Waals surface area contributed by atoms with Gasteiger partial charge in [0, 0.05) is 24.9 Å². The molecule has 2 aromatic rings. The molecule has 0 bridgehead atoms. The number of carbonyl (C=O) groups excluding carboxylic acids is 1. The van der Waals surface area contributed by atoms with Crippen LogP contribution in [0.2, 0.25) is 0 Å². The average Bonchev–Trinajstić information content (AvgIpc) is 2.64. The van der Waals surface area contributed by atoms with E-state index in [1.54, 1.807) is 16.7 Å². The summed E-state index contributed by atoms with van der Waals surface area (Å²) >= 11 is 0. The lowest BCUT2D eigenvalue weighted by Crippen LogP contribution is -2.55. The molecule has 1 aliphatic rings. The number of nitrogens with one attached hydrogen (secondary N) is 1. The minimum Gasteiger partial charge on any atom is -0.394 e. The minimum atomic E-state index is -1.40. The highest BCUT2D eigenvalue weighted by molar-refractivity contribution is 5.97. The molecule has 0 aliphatic carbocycles. The lowest BCUT2D eigenvalue weighted by atomic mass is 10.0. The lowest BCUT2D eigenvalue weighted by Gasteiger charge is -2.36. The first kappa shape index (κ1) is 19.4. The van der Waals surface area contributed by atoms with Crippen LogP contribution in [0.5, 0.6) is 0 Å². The second-order valence-electron chi connectivity index (χ2n) is 6.61. The van der Waals surface area contributed by atoms with Gasteiger partial charge in [-0.25, -0.2) is 4.98 Å². The van der Waals surface area contributed by atoms with Crippen molar-refractivity contribution in [2.45, 2.75) is 51.4 Å². The third kappa shape index (κ3) is 3.72. The predicted molar refractivity (Wildman–Crippen MR) is 96.3 cm³/mol. The van der Waals surface area contributed by atoms with Gasteiger partial charge in [-0.1, -0.05) is 0 Å². The van der Waals surface area contributed by atoms with Crippen molar-refractivity contribution in [3.05, 3.63) is 39.8 Å². The van der Waals surface area contributed by atoms with Crippen LogP contribution in [-0.4, -0.2) is 61.9 Å². The van der Waals surface area contributed by atoms with E-state index in [1.165, 1.54) is 6.20 Å². The van der Waals surface area contributed by atoms with Crippen molar-refractivity contribution in [1.82, 2.24) is 14.9 Å². The SMILES string of the molecule is CCn1cc(C(=O)NC2CC(O)C(CO)OC2O)c(=O)c2ccc(C)nc21. The zero-order chi connectivity index (χ0) is 19.7. The number of ether oxygens (including phenoxy) is 1. The number of aliphatic hydroxyl groups is 3. The molecule has 3 heterocycles. The summed E-state index contributed by atoms with van der Waals surface area (Å²) in [5.41, 5.74) is 0.721. The molecule has 1 amide bonds. The van der Waals surface area contributed by atoms with Gasteiger partial charge in [0.15, 0.2) is 6.29 Å². The maximum atomic E-state index is 12.7. The number of rotatable bonds is 4. The Kier molecular flexibility index (Phi) is 5.56. The van der Waals surface area contributed by atoms with E-state index in [1.807, 2.05) is 13.8 Å². The summed E-state index contributed by atoms with van der Waals surface area (Å²) in [5.74, 6) is -0.674. The van der Waals surface area contributed by atoms with Gasteiger partial charge in [-0.3, -0.25) is 9.59 Å². The van der Waals surface area contributed by atoms with Crippen molar-refractivity contribution in [2.75, 3.05) is 6.61 Å². The van der Waals surface area contributed by atoms with E-state index in [9.17, 15) is 19.8 Å². The number of hydrogen-bond acceptors (Lipinski definition) is 7. The van der Waals surface area contributed by atoms with Crippen LogP contribution in [0, 0.1) is 6.92 Å². The molecule has 146 valence electrons. The molecule has 4 atom stereocenters. The average molecular weight is 377 g/mol. The first-order valence-corrected chi connectivity index (χ1v) is 8.79. The van der Waals surface area contributed by atoms with E-state index in [0.29, 0.717) is 17.6 Å². The van der Waals surface area contributed by atoms with Crippen molar-refractivity contribution in [3.8, 4) is 0 Å². The summed E-state index contributed by atoms with van der Waals surface area (Å²) in [6.07, 6.45) is -1.92. The highest BCUT2D eigenvalue weighted by Gasteiger charge is 2.37. The first-order chi connectivity index (χ1) is 12.8. The number of carbonyl (C=O) groups is 1. The molecule has 0 aromatic carbocycles. The van der Waals surface area contributed by atoms with Gasteiger partial charge in [-0.05, 0) is 26.0 Å². The summed E-state index contributed by atoms with van der Waals surface area (Å²) in [4.78, 5) is 29.8. The largest absolute Gasteiger partial charge is 0.394 e. The molecule has 1 fully saturated rings. The Morgan fingerprint density at radius 3 is 2.81 bits per heavy atom. The summed E-state index contributed by atoms with van der Waals surface area (Å²) in [6.45, 7) is 3.76. The third-order valence-electron chi connectivity index (χ3n) is 4.73. The van der Waals surface area contributed by atoms with Gasteiger partial charge in [0.05, 0.1) is 24.1 Å². The van der Waals surface area contributed by atoms with Crippen LogP contribution in [0.1, 0.15) is 29.4 Å². The monoisotopic (exact) mass is 377 g/mol. The number of aryl methyl sites for hydroxylation is 2. The van der Waals surface area contributed by atoms with Gasteiger partial charge in [0.2, 0.25) is 5.43 Å². The fraction of sp³-hybridized carbons (Fsp3) is 0.500. The van der Waals surface area contributed by atoms with E-state index in [0.717, 1.165) is 5.69 Å². The number of nitrogens with zero attached hydrogens (tertiary/aromatic N) is 2. The van der Waals surface area contributed by atoms with Crippen LogP contribution in [0.4, 0.5) is 0 Å². The smallest absolute Gasteiger partial charge is 0.257 e. The molecule has 3 rings (SSSR count). The van der Waals surface area contributed by atoms with Gasteiger partial charge >= 0.3 is 0 Å². The molecule has 2 aromatic heterocycles. The molecule has 1 saturated heterocycles. The van der Waals surface area contributed by atoms with Gasteiger partial charge in [-0.2, -0.15) is 0 Å². The Morgan fingerprint density at radius 1 is 1.41 bits per heavy atom. The molecule has 4 N–H and O–H groups in total. The fourth-order valence-electron chi connectivity index (χ4n) is 3.20. The summed E-state index contributed by atoms with van der Waals surface area (Å²) in [5, 5.41) is 31.9. The van der Waals surface area contributed by atoms with Crippen molar-refractivity contribution in [2.24, 2.45) is 0 Å². The van der Waals surface area contributed by atoms with Crippen molar-refractivity contribution < 1.29 is 24.9 Å². The number of aliphatic hydroxyl groups excluding tert-OH is 3. The zero-order valence-corrected chi connectivity index (χ0v) is 15.1. The molecule has 9 nitrogen and oxygen atoms in total.